The molecule has 0 spiro atoms. The monoisotopic (exact) mass is 401 g/mol. The molecule has 26 heavy (non-hydrogen) atoms. The van der Waals surface area contributed by atoms with Crippen molar-refractivity contribution in [2.24, 2.45) is 0 Å². The predicted octanol–water partition coefficient (Wildman–Crippen LogP) is 5.21. The summed E-state index contributed by atoms with van der Waals surface area (Å²) < 4.78 is 1.71. The van der Waals surface area contributed by atoms with Crippen LogP contribution >= 0.6 is 34.3 Å². The first kappa shape index (κ1) is 17.4. The average molecular weight is 402 g/mol. The van der Waals surface area contributed by atoms with Gasteiger partial charge in [0, 0.05) is 20.8 Å². The third kappa shape index (κ3) is 2.98. The summed E-state index contributed by atoms with van der Waals surface area (Å²) in [6.07, 6.45) is 0. The van der Waals surface area contributed by atoms with E-state index in [0.29, 0.717) is 17.4 Å². The van der Waals surface area contributed by atoms with Gasteiger partial charge in [0.25, 0.3) is 5.56 Å². The summed E-state index contributed by atoms with van der Waals surface area (Å²) in [6.45, 7) is 6.31. The fourth-order valence-electron chi connectivity index (χ4n) is 2.88. The summed E-state index contributed by atoms with van der Waals surface area (Å²) in [6, 6.07) is 7.61. The van der Waals surface area contributed by atoms with Gasteiger partial charge in [-0.15, -0.1) is 22.7 Å². The first-order chi connectivity index (χ1) is 12.4. The number of hydrogen-bond acceptors (Lipinski definition) is 5. The van der Waals surface area contributed by atoms with Gasteiger partial charge >= 0.3 is 0 Å². The van der Waals surface area contributed by atoms with E-state index < -0.39 is 0 Å². The Morgan fingerprint density at radius 1 is 1.12 bits per heavy atom. The number of benzene rings is 1. The molecule has 0 amide bonds. The van der Waals surface area contributed by atoms with Crippen molar-refractivity contribution in [1.82, 2.24) is 14.5 Å². The van der Waals surface area contributed by atoms with Crippen LogP contribution in [0.5, 0.6) is 0 Å². The highest BCUT2D eigenvalue weighted by molar-refractivity contribution is 7.18. The van der Waals surface area contributed by atoms with Crippen LogP contribution in [0.4, 0.5) is 0 Å². The quantitative estimate of drug-likeness (QED) is 0.473. The Morgan fingerprint density at radius 2 is 1.85 bits per heavy atom. The summed E-state index contributed by atoms with van der Waals surface area (Å²) >= 11 is 9.09. The molecule has 0 N–H and O–H groups in total. The number of halogens is 1. The molecule has 0 saturated carbocycles. The molecule has 4 rings (SSSR count). The van der Waals surface area contributed by atoms with Crippen molar-refractivity contribution >= 4 is 44.5 Å². The lowest BCUT2D eigenvalue weighted by molar-refractivity contribution is 0.702. The van der Waals surface area contributed by atoms with E-state index in [1.165, 1.54) is 0 Å². The fourth-order valence-corrected chi connectivity index (χ4v) is 4.89. The van der Waals surface area contributed by atoms with E-state index >= 15 is 0 Å². The first-order valence-electron chi connectivity index (χ1n) is 8.11. The minimum Gasteiger partial charge on any atom is -0.290 e. The molecular weight excluding hydrogens is 386 g/mol. The van der Waals surface area contributed by atoms with Gasteiger partial charge in [0.2, 0.25) is 0 Å². The third-order valence-corrected chi connectivity index (χ3v) is 6.74. The summed E-state index contributed by atoms with van der Waals surface area (Å²) in [5, 5.41) is 4.34. The van der Waals surface area contributed by atoms with Crippen LogP contribution in [-0.4, -0.2) is 14.5 Å². The highest BCUT2D eigenvalue weighted by Crippen LogP contribution is 2.27. The number of nitrogens with zero attached hydrogens (tertiary/aromatic N) is 3. The predicted molar refractivity (Wildman–Crippen MR) is 110 cm³/mol. The Balaban J connectivity index is 1.73. The second-order valence-electron chi connectivity index (χ2n) is 6.16. The Kier molecular flexibility index (Phi) is 4.42. The molecule has 0 aliphatic rings. The summed E-state index contributed by atoms with van der Waals surface area (Å²) in [5.41, 5.74) is 2.91. The molecule has 0 aliphatic carbocycles. The smallest absolute Gasteiger partial charge is 0.262 e. The van der Waals surface area contributed by atoms with Gasteiger partial charge in [-0.3, -0.25) is 9.36 Å². The van der Waals surface area contributed by atoms with Gasteiger partial charge in [0.15, 0.2) is 0 Å². The van der Waals surface area contributed by atoms with Crippen molar-refractivity contribution in [3.8, 4) is 10.6 Å². The second-order valence-corrected chi connectivity index (χ2v) is 8.66. The summed E-state index contributed by atoms with van der Waals surface area (Å²) in [5.74, 6) is 0.713. The number of rotatable bonds is 3. The van der Waals surface area contributed by atoms with Crippen molar-refractivity contribution in [3.63, 3.8) is 0 Å². The van der Waals surface area contributed by atoms with Crippen LogP contribution in [0.25, 0.3) is 20.8 Å². The second kappa shape index (κ2) is 6.61. The standard InChI is InChI=1S/C19H16ClN3OS2/c1-10-11(2)26-18-16(10)19(24)23(12(3)21-18)8-15-9-25-17(22-15)13-4-6-14(20)7-5-13/h4-7,9H,8H2,1-3H3. The van der Waals surface area contributed by atoms with Crippen molar-refractivity contribution in [3.05, 3.63) is 67.0 Å². The maximum atomic E-state index is 13.0. The molecule has 0 saturated heterocycles. The van der Waals surface area contributed by atoms with Crippen LogP contribution in [-0.2, 0) is 6.54 Å². The van der Waals surface area contributed by atoms with Gasteiger partial charge in [-0.2, -0.15) is 0 Å². The van der Waals surface area contributed by atoms with Crippen LogP contribution in [0.15, 0.2) is 34.4 Å². The van der Waals surface area contributed by atoms with E-state index in [9.17, 15) is 4.79 Å². The zero-order valence-corrected chi connectivity index (χ0v) is 16.9. The molecule has 7 heteroatoms. The van der Waals surface area contributed by atoms with Gasteiger partial charge in [0.05, 0.1) is 17.6 Å². The van der Waals surface area contributed by atoms with Gasteiger partial charge in [-0.25, -0.2) is 9.97 Å². The highest BCUT2D eigenvalue weighted by Gasteiger charge is 2.15. The highest BCUT2D eigenvalue weighted by atomic mass is 35.5. The van der Waals surface area contributed by atoms with Gasteiger partial charge in [0.1, 0.15) is 15.7 Å². The molecule has 0 fully saturated rings. The molecule has 3 aromatic heterocycles. The van der Waals surface area contributed by atoms with Gasteiger partial charge < -0.3 is 0 Å². The SMILES string of the molecule is Cc1sc2nc(C)n(Cc3csc(-c4ccc(Cl)cc4)n3)c(=O)c2c1C. The zero-order valence-electron chi connectivity index (χ0n) is 14.5. The third-order valence-electron chi connectivity index (χ3n) is 4.44. The molecule has 1 aromatic carbocycles. The van der Waals surface area contributed by atoms with Gasteiger partial charge in [-0.1, -0.05) is 23.7 Å². The Bertz CT molecular complexity index is 1170. The molecule has 0 atom stereocenters. The van der Waals surface area contributed by atoms with Crippen molar-refractivity contribution in [2.75, 3.05) is 0 Å². The Labute approximate surface area is 163 Å². The number of thiazole rings is 1. The number of hydrogen-bond donors (Lipinski definition) is 0. The maximum Gasteiger partial charge on any atom is 0.262 e. The van der Waals surface area contributed by atoms with E-state index in [-0.39, 0.29) is 5.56 Å². The number of thiophene rings is 1. The van der Waals surface area contributed by atoms with Crippen LogP contribution in [0.1, 0.15) is 22.0 Å². The largest absolute Gasteiger partial charge is 0.290 e. The lowest BCUT2D eigenvalue weighted by atomic mass is 10.2. The normalized spacial score (nSPS) is 11.4. The Morgan fingerprint density at radius 3 is 2.58 bits per heavy atom. The number of aryl methyl sites for hydroxylation is 3. The number of fused-ring (bicyclic) bond motifs is 1. The molecule has 0 radical (unpaired) electrons. The molecular formula is C19H16ClN3OS2. The van der Waals surface area contributed by atoms with Crippen LogP contribution < -0.4 is 5.56 Å². The van der Waals surface area contributed by atoms with Crippen LogP contribution in [0.2, 0.25) is 5.02 Å². The average Bonchev–Trinajstić information content (AvgIpc) is 3.17. The minimum atomic E-state index is 0.00962. The fraction of sp³-hybridized carbons (Fsp3) is 0.211. The maximum absolute atomic E-state index is 13.0. The van der Waals surface area contributed by atoms with Gasteiger partial charge in [-0.05, 0) is 38.5 Å². The minimum absolute atomic E-state index is 0.00962. The molecule has 4 nitrogen and oxygen atoms in total. The summed E-state index contributed by atoms with van der Waals surface area (Å²) in [7, 11) is 0. The van der Waals surface area contributed by atoms with Crippen molar-refractivity contribution < 1.29 is 0 Å². The molecule has 0 aliphatic heterocycles. The molecule has 0 unspecified atom stereocenters. The molecule has 0 bridgehead atoms. The van der Waals surface area contributed by atoms with Crippen molar-refractivity contribution in [1.29, 1.82) is 0 Å². The first-order valence-corrected chi connectivity index (χ1v) is 10.2. The van der Waals surface area contributed by atoms with E-state index in [4.69, 9.17) is 11.6 Å². The number of aromatic nitrogens is 3. The van der Waals surface area contributed by atoms with Crippen molar-refractivity contribution in [2.45, 2.75) is 27.3 Å². The Hall–Kier alpha value is -2.02. The lowest BCUT2D eigenvalue weighted by Gasteiger charge is -2.08. The lowest BCUT2D eigenvalue weighted by Crippen LogP contribution is -2.24. The topological polar surface area (TPSA) is 47.8 Å². The van der Waals surface area contributed by atoms with E-state index in [1.54, 1.807) is 27.2 Å². The van der Waals surface area contributed by atoms with E-state index in [2.05, 4.69) is 9.97 Å². The van der Waals surface area contributed by atoms with Crippen LogP contribution in [0.3, 0.4) is 0 Å². The summed E-state index contributed by atoms with van der Waals surface area (Å²) in [4.78, 5) is 24.3. The molecule has 3 heterocycles. The van der Waals surface area contributed by atoms with Crippen LogP contribution in [0, 0.1) is 20.8 Å². The van der Waals surface area contributed by atoms with E-state index in [0.717, 1.165) is 36.9 Å². The molecule has 132 valence electrons. The zero-order chi connectivity index (χ0) is 18.4. The van der Waals surface area contributed by atoms with E-state index in [1.807, 2.05) is 50.4 Å². The molecule has 4 aromatic rings.